The Kier molecular flexibility index (Phi) is 3.89. The third-order valence-corrected chi connectivity index (χ3v) is 2.77. The zero-order valence-electron chi connectivity index (χ0n) is 10.6. The summed E-state index contributed by atoms with van der Waals surface area (Å²) in [7, 11) is 0. The number of benzene rings is 1. The molecule has 0 aliphatic heterocycles. The second-order valence-electron chi connectivity index (χ2n) is 4.20. The van der Waals surface area contributed by atoms with E-state index in [1.807, 2.05) is 37.3 Å². The molecule has 0 fully saturated rings. The number of aromatic nitrogens is 1. The fourth-order valence-corrected chi connectivity index (χ4v) is 1.70. The molecule has 2 aromatic rings. The van der Waals surface area contributed by atoms with Gasteiger partial charge in [-0.3, -0.25) is 4.79 Å². The van der Waals surface area contributed by atoms with E-state index in [-0.39, 0.29) is 5.91 Å². The van der Waals surface area contributed by atoms with Crippen LogP contribution >= 0.6 is 0 Å². The Hall–Kier alpha value is -2.67. The van der Waals surface area contributed by atoms with Crippen LogP contribution in [0.15, 0.2) is 42.6 Å². The molecule has 1 heterocycles. The van der Waals surface area contributed by atoms with Gasteiger partial charge in [0.05, 0.1) is 12.0 Å². The van der Waals surface area contributed by atoms with Crippen molar-refractivity contribution in [3.63, 3.8) is 0 Å². The number of amides is 1. The molecule has 4 heteroatoms. The van der Waals surface area contributed by atoms with E-state index in [9.17, 15) is 4.79 Å². The Morgan fingerprint density at radius 1 is 1.32 bits per heavy atom. The van der Waals surface area contributed by atoms with E-state index in [1.54, 1.807) is 12.1 Å². The van der Waals surface area contributed by atoms with Crippen LogP contribution < -0.4 is 5.32 Å². The Morgan fingerprint density at radius 3 is 2.74 bits per heavy atom. The van der Waals surface area contributed by atoms with E-state index in [4.69, 9.17) is 5.26 Å². The van der Waals surface area contributed by atoms with Crippen LogP contribution in [0.1, 0.15) is 16.7 Å². The van der Waals surface area contributed by atoms with E-state index in [1.165, 1.54) is 6.20 Å². The number of nitrogens with one attached hydrogen (secondary N) is 1. The van der Waals surface area contributed by atoms with E-state index in [2.05, 4.69) is 10.3 Å². The van der Waals surface area contributed by atoms with Crippen LogP contribution in [-0.2, 0) is 11.2 Å². The van der Waals surface area contributed by atoms with Crippen molar-refractivity contribution in [2.45, 2.75) is 13.3 Å². The van der Waals surface area contributed by atoms with Gasteiger partial charge in [-0.05, 0) is 30.2 Å². The Bertz CT molecular complexity index is 627. The molecule has 0 aliphatic carbocycles. The molecule has 1 N–H and O–H groups in total. The quantitative estimate of drug-likeness (QED) is 0.911. The number of rotatable bonds is 3. The molecule has 0 saturated heterocycles. The molecule has 0 atom stereocenters. The van der Waals surface area contributed by atoms with Crippen LogP contribution in [0.3, 0.4) is 0 Å². The van der Waals surface area contributed by atoms with Crippen molar-refractivity contribution in [3.8, 4) is 6.07 Å². The van der Waals surface area contributed by atoms with Gasteiger partial charge in [-0.1, -0.05) is 24.3 Å². The van der Waals surface area contributed by atoms with Crippen LogP contribution in [-0.4, -0.2) is 10.9 Å². The number of carbonyl (C=O) groups is 1. The van der Waals surface area contributed by atoms with Crippen LogP contribution in [0, 0.1) is 18.3 Å². The first-order valence-corrected chi connectivity index (χ1v) is 5.89. The molecule has 19 heavy (non-hydrogen) atoms. The highest BCUT2D eigenvalue weighted by molar-refractivity contribution is 5.91. The molecule has 4 nitrogen and oxygen atoms in total. The largest absolute Gasteiger partial charge is 0.310 e. The molecule has 2 rings (SSSR count). The zero-order chi connectivity index (χ0) is 13.7. The number of hydrogen-bond donors (Lipinski definition) is 1. The summed E-state index contributed by atoms with van der Waals surface area (Å²) in [5.74, 6) is 0.337. The standard InChI is InChI=1S/C15H13N3O/c1-11-4-2-3-5-13(11)8-15(19)18-14-7-6-12(9-16)10-17-14/h2-7,10H,8H2,1H3,(H,17,18,19). The number of pyridine rings is 1. The summed E-state index contributed by atoms with van der Waals surface area (Å²) in [6.07, 6.45) is 1.75. The molecule has 0 aliphatic rings. The lowest BCUT2D eigenvalue weighted by Gasteiger charge is -2.06. The van der Waals surface area contributed by atoms with Gasteiger partial charge in [-0.2, -0.15) is 5.26 Å². The number of nitriles is 1. The van der Waals surface area contributed by atoms with Crippen molar-refractivity contribution < 1.29 is 4.79 Å². The molecule has 0 bridgehead atoms. The number of nitrogens with zero attached hydrogens (tertiary/aromatic N) is 2. The highest BCUT2D eigenvalue weighted by Gasteiger charge is 2.06. The molecule has 1 amide bonds. The van der Waals surface area contributed by atoms with Crippen molar-refractivity contribution in [1.82, 2.24) is 4.98 Å². The summed E-state index contributed by atoms with van der Waals surface area (Å²) in [4.78, 5) is 15.9. The normalized spacial score (nSPS) is 9.68. The predicted octanol–water partition coefficient (Wildman–Crippen LogP) is 2.44. The maximum Gasteiger partial charge on any atom is 0.229 e. The van der Waals surface area contributed by atoms with Crippen molar-refractivity contribution in [2.24, 2.45) is 0 Å². The summed E-state index contributed by atoms with van der Waals surface area (Å²) in [6, 6.07) is 13.0. The predicted molar refractivity (Wildman–Crippen MR) is 72.5 cm³/mol. The first-order valence-electron chi connectivity index (χ1n) is 5.89. The molecule has 0 saturated carbocycles. The lowest BCUT2D eigenvalue weighted by Crippen LogP contribution is -2.15. The SMILES string of the molecule is Cc1ccccc1CC(=O)Nc1ccc(C#N)cn1. The smallest absolute Gasteiger partial charge is 0.229 e. The lowest BCUT2D eigenvalue weighted by atomic mass is 10.1. The van der Waals surface area contributed by atoms with E-state index < -0.39 is 0 Å². The van der Waals surface area contributed by atoms with E-state index in [0.29, 0.717) is 17.8 Å². The van der Waals surface area contributed by atoms with Gasteiger partial charge in [0.2, 0.25) is 5.91 Å². The number of aryl methyl sites for hydroxylation is 1. The third kappa shape index (κ3) is 3.39. The first kappa shape index (κ1) is 12.8. The topological polar surface area (TPSA) is 65.8 Å². The number of hydrogen-bond acceptors (Lipinski definition) is 3. The van der Waals surface area contributed by atoms with Crippen LogP contribution in [0.5, 0.6) is 0 Å². The molecular formula is C15H13N3O. The Balaban J connectivity index is 2.01. The molecular weight excluding hydrogens is 238 g/mol. The molecule has 0 unspecified atom stereocenters. The summed E-state index contributed by atoms with van der Waals surface area (Å²) < 4.78 is 0. The monoisotopic (exact) mass is 251 g/mol. The van der Waals surface area contributed by atoms with Gasteiger partial charge >= 0.3 is 0 Å². The molecule has 94 valence electrons. The van der Waals surface area contributed by atoms with Crippen molar-refractivity contribution in [3.05, 3.63) is 59.3 Å². The lowest BCUT2D eigenvalue weighted by molar-refractivity contribution is -0.115. The fraction of sp³-hybridized carbons (Fsp3) is 0.133. The summed E-state index contributed by atoms with van der Waals surface area (Å²) in [5.41, 5.74) is 2.55. The maximum absolute atomic E-state index is 11.9. The summed E-state index contributed by atoms with van der Waals surface area (Å²) in [6.45, 7) is 1.97. The van der Waals surface area contributed by atoms with Gasteiger partial charge in [0.1, 0.15) is 11.9 Å². The number of carbonyl (C=O) groups excluding carboxylic acids is 1. The second-order valence-corrected chi connectivity index (χ2v) is 4.20. The average Bonchev–Trinajstić information content (AvgIpc) is 2.42. The minimum absolute atomic E-state index is 0.119. The minimum Gasteiger partial charge on any atom is -0.310 e. The van der Waals surface area contributed by atoms with Crippen molar-refractivity contribution in [2.75, 3.05) is 5.32 Å². The summed E-state index contributed by atoms with van der Waals surface area (Å²) in [5, 5.41) is 11.4. The molecule has 1 aromatic carbocycles. The van der Waals surface area contributed by atoms with E-state index >= 15 is 0 Å². The van der Waals surface area contributed by atoms with Gasteiger partial charge in [-0.15, -0.1) is 0 Å². The van der Waals surface area contributed by atoms with Crippen LogP contribution in [0.4, 0.5) is 5.82 Å². The van der Waals surface area contributed by atoms with Gasteiger partial charge in [0.15, 0.2) is 0 Å². The highest BCUT2D eigenvalue weighted by Crippen LogP contribution is 2.09. The van der Waals surface area contributed by atoms with Gasteiger partial charge in [0.25, 0.3) is 0 Å². The van der Waals surface area contributed by atoms with Crippen molar-refractivity contribution >= 4 is 11.7 Å². The third-order valence-electron chi connectivity index (χ3n) is 2.77. The molecule has 0 spiro atoms. The van der Waals surface area contributed by atoms with Gasteiger partial charge < -0.3 is 5.32 Å². The van der Waals surface area contributed by atoms with Crippen molar-refractivity contribution in [1.29, 1.82) is 5.26 Å². The Labute approximate surface area is 111 Å². The van der Waals surface area contributed by atoms with Crippen LogP contribution in [0.2, 0.25) is 0 Å². The highest BCUT2D eigenvalue weighted by atomic mass is 16.1. The summed E-state index contributed by atoms with van der Waals surface area (Å²) >= 11 is 0. The molecule has 1 aromatic heterocycles. The zero-order valence-corrected chi connectivity index (χ0v) is 10.6. The number of anilines is 1. The molecule has 0 radical (unpaired) electrons. The van der Waals surface area contributed by atoms with E-state index in [0.717, 1.165) is 11.1 Å². The first-order chi connectivity index (χ1) is 9.19. The fourth-order valence-electron chi connectivity index (χ4n) is 1.70. The minimum atomic E-state index is -0.119. The Morgan fingerprint density at radius 2 is 2.11 bits per heavy atom. The average molecular weight is 251 g/mol. The van der Waals surface area contributed by atoms with Crippen LogP contribution in [0.25, 0.3) is 0 Å². The van der Waals surface area contributed by atoms with Gasteiger partial charge in [0, 0.05) is 6.20 Å². The second kappa shape index (κ2) is 5.78. The maximum atomic E-state index is 11.9. The van der Waals surface area contributed by atoms with Gasteiger partial charge in [-0.25, -0.2) is 4.98 Å².